The van der Waals surface area contributed by atoms with Gasteiger partial charge in [0.25, 0.3) is 0 Å². The predicted octanol–water partition coefficient (Wildman–Crippen LogP) is 4.47. The zero-order chi connectivity index (χ0) is 17.3. The molecule has 5 heteroatoms. The number of hydrogen-bond donors (Lipinski definition) is 1. The van der Waals surface area contributed by atoms with Crippen LogP contribution in [0.15, 0.2) is 0 Å². The van der Waals surface area contributed by atoms with E-state index < -0.39 is 19.3 Å². The molecule has 0 spiro atoms. The van der Waals surface area contributed by atoms with Crippen molar-refractivity contribution in [1.82, 2.24) is 4.72 Å². The topological polar surface area (TPSA) is 38.3 Å². The van der Waals surface area contributed by atoms with E-state index in [0.29, 0.717) is 6.61 Å². The Bertz CT molecular complexity index is 362. The lowest BCUT2D eigenvalue weighted by molar-refractivity contribution is 0.181. The van der Waals surface area contributed by atoms with E-state index in [1.54, 1.807) is 0 Å². The Hall–Kier alpha value is 0.287. The Labute approximate surface area is 136 Å². The third kappa shape index (κ3) is 6.93. The molecular weight excluding hydrogens is 298 g/mol. The molecule has 1 N–H and O–H groups in total. The first-order chi connectivity index (χ1) is 8.98. The van der Waals surface area contributed by atoms with Crippen molar-refractivity contribution in [2.75, 3.05) is 6.61 Å². The summed E-state index contributed by atoms with van der Waals surface area (Å²) in [4.78, 5) is 0. The molecular formula is C16H37NO2SSi. The summed E-state index contributed by atoms with van der Waals surface area (Å²) in [5.74, 6) is 0. The van der Waals surface area contributed by atoms with Gasteiger partial charge in [-0.2, -0.15) is 0 Å². The third-order valence-corrected chi connectivity index (χ3v) is 10.4. The second-order valence-electron chi connectivity index (χ2n) is 9.49. The fraction of sp³-hybridized carbons (Fsp3) is 1.00. The molecule has 0 radical (unpaired) electrons. The van der Waals surface area contributed by atoms with Gasteiger partial charge in [-0.1, -0.05) is 41.5 Å². The SMILES string of the molecule is CC(C)(C)[C@H](CO[Si](C)(C)C(C)(C)C)NS(=O)C(C)(C)C. The van der Waals surface area contributed by atoms with Crippen molar-refractivity contribution >= 4 is 19.3 Å². The van der Waals surface area contributed by atoms with E-state index in [2.05, 4.69) is 59.4 Å². The van der Waals surface area contributed by atoms with E-state index in [1.807, 2.05) is 20.8 Å². The van der Waals surface area contributed by atoms with Crippen LogP contribution in [0, 0.1) is 5.41 Å². The first kappa shape index (κ1) is 21.3. The van der Waals surface area contributed by atoms with Gasteiger partial charge in [-0.3, -0.25) is 0 Å². The van der Waals surface area contributed by atoms with Crippen molar-refractivity contribution in [2.45, 2.75) is 91.2 Å². The van der Waals surface area contributed by atoms with Crippen LogP contribution >= 0.6 is 0 Å². The number of rotatable bonds is 5. The first-order valence-corrected chi connectivity index (χ1v) is 11.9. The van der Waals surface area contributed by atoms with Gasteiger partial charge >= 0.3 is 0 Å². The Morgan fingerprint density at radius 1 is 1.00 bits per heavy atom. The summed E-state index contributed by atoms with van der Waals surface area (Å²) < 4.78 is 21.8. The van der Waals surface area contributed by atoms with Crippen LogP contribution in [0.4, 0.5) is 0 Å². The molecule has 0 bridgehead atoms. The zero-order valence-corrected chi connectivity index (χ0v) is 17.8. The fourth-order valence-corrected chi connectivity index (χ4v) is 3.32. The largest absolute Gasteiger partial charge is 0.415 e. The van der Waals surface area contributed by atoms with E-state index in [0.717, 1.165) is 0 Å². The molecule has 3 nitrogen and oxygen atoms in total. The number of hydrogen-bond acceptors (Lipinski definition) is 2. The fourth-order valence-electron chi connectivity index (χ4n) is 1.27. The van der Waals surface area contributed by atoms with Crippen molar-refractivity contribution in [2.24, 2.45) is 5.41 Å². The highest BCUT2D eigenvalue weighted by Crippen LogP contribution is 2.37. The minimum absolute atomic E-state index is 0.00325. The summed E-state index contributed by atoms with van der Waals surface area (Å²) in [7, 11) is -2.86. The molecule has 0 fully saturated rings. The van der Waals surface area contributed by atoms with Crippen LogP contribution in [0.25, 0.3) is 0 Å². The Balaban J connectivity index is 4.95. The quantitative estimate of drug-likeness (QED) is 0.753. The minimum Gasteiger partial charge on any atom is -0.415 e. The minimum atomic E-state index is -1.78. The summed E-state index contributed by atoms with van der Waals surface area (Å²) in [6.45, 7) is 24.3. The van der Waals surface area contributed by atoms with Crippen LogP contribution in [-0.4, -0.2) is 29.9 Å². The Kier molecular flexibility index (Phi) is 6.90. The highest BCUT2D eigenvalue weighted by molar-refractivity contribution is 7.84. The van der Waals surface area contributed by atoms with Gasteiger partial charge in [0.15, 0.2) is 8.32 Å². The van der Waals surface area contributed by atoms with Crippen LogP contribution < -0.4 is 4.72 Å². The van der Waals surface area contributed by atoms with Crippen molar-refractivity contribution in [3.8, 4) is 0 Å². The summed E-state index contributed by atoms with van der Waals surface area (Å²) in [5.41, 5.74) is 0.00325. The number of nitrogens with one attached hydrogen (secondary N) is 1. The van der Waals surface area contributed by atoms with Crippen LogP contribution in [0.1, 0.15) is 62.3 Å². The normalized spacial score (nSPS) is 17.7. The Morgan fingerprint density at radius 2 is 1.43 bits per heavy atom. The molecule has 0 amide bonds. The van der Waals surface area contributed by atoms with Gasteiger partial charge in [0.1, 0.15) is 0 Å². The summed E-state index contributed by atoms with van der Waals surface area (Å²) in [6.07, 6.45) is 0. The maximum absolute atomic E-state index is 12.4. The molecule has 0 aromatic carbocycles. The van der Waals surface area contributed by atoms with E-state index >= 15 is 0 Å². The second-order valence-corrected chi connectivity index (χ2v) is 16.3. The van der Waals surface area contributed by atoms with E-state index in [1.165, 1.54) is 0 Å². The summed E-state index contributed by atoms with van der Waals surface area (Å²) in [5, 5.41) is 0.193. The maximum Gasteiger partial charge on any atom is 0.192 e. The van der Waals surface area contributed by atoms with Gasteiger partial charge in [0.05, 0.1) is 22.3 Å². The molecule has 0 saturated heterocycles. The van der Waals surface area contributed by atoms with Gasteiger partial charge in [0.2, 0.25) is 0 Å². The molecule has 0 aromatic rings. The predicted molar refractivity (Wildman–Crippen MR) is 97.4 cm³/mol. The van der Waals surface area contributed by atoms with Crippen LogP contribution in [0.5, 0.6) is 0 Å². The van der Waals surface area contributed by atoms with Gasteiger partial charge in [-0.15, -0.1) is 0 Å². The monoisotopic (exact) mass is 335 g/mol. The van der Waals surface area contributed by atoms with Gasteiger partial charge in [-0.25, -0.2) is 8.93 Å². The second kappa shape index (κ2) is 6.81. The molecule has 0 aliphatic carbocycles. The highest BCUT2D eigenvalue weighted by atomic mass is 32.2. The highest BCUT2D eigenvalue weighted by Gasteiger charge is 2.39. The summed E-state index contributed by atoms with van der Waals surface area (Å²) >= 11 is 0. The molecule has 0 rings (SSSR count). The molecule has 1 unspecified atom stereocenters. The first-order valence-electron chi connectivity index (χ1n) is 7.80. The van der Waals surface area contributed by atoms with Crippen LogP contribution in [0.2, 0.25) is 18.1 Å². The standard InChI is InChI=1S/C16H37NO2SSi/c1-14(2,3)13(17-20(18)15(4,5)6)12-19-21(10,11)16(7,8)9/h13,17H,12H2,1-11H3/t13-,20?/m0/s1. The van der Waals surface area contributed by atoms with Gasteiger partial charge < -0.3 is 4.43 Å². The van der Waals surface area contributed by atoms with Crippen molar-refractivity contribution in [3.05, 3.63) is 0 Å². The molecule has 21 heavy (non-hydrogen) atoms. The van der Waals surface area contributed by atoms with E-state index in [-0.39, 0.29) is 21.2 Å². The third-order valence-electron chi connectivity index (χ3n) is 4.27. The molecule has 0 saturated carbocycles. The lowest BCUT2D eigenvalue weighted by Crippen LogP contribution is -2.51. The summed E-state index contributed by atoms with van der Waals surface area (Å²) in [6, 6.07) is 0.0756. The lowest BCUT2D eigenvalue weighted by atomic mass is 9.88. The van der Waals surface area contributed by atoms with Crippen LogP contribution in [0.3, 0.4) is 0 Å². The molecule has 0 heterocycles. The van der Waals surface area contributed by atoms with Gasteiger partial charge in [0, 0.05) is 6.04 Å². The van der Waals surface area contributed by atoms with E-state index in [9.17, 15) is 4.21 Å². The van der Waals surface area contributed by atoms with Crippen molar-refractivity contribution < 1.29 is 8.63 Å². The molecule has 2 atom stereocenters. The van der Waals surface area contributed by atoms with Crippen LogP contribution in [-0.2, 0) is 15.4 Å². The van der Waals surface area contributed by atoms with Crippen molar-refractivity contribution in [1.29, 1.82) is 0 Å². The molecule has 128 valence electrons. The average Bonchev–Trinajstić information content (AvgIpc) is 2.18. The molecule has 0 aliphatic heterocycles. The molecule has 0 aliphatic rings. The van der Waals surface area contributed by atoms with Gasteiger partial charge in [-0.05, 0) is 44.3 Å². The Morgan fingerprint density at radius 3 is 1.71 bits per heavy atom. The maximum atomic E-state index is 12.4. The smallest absolute Gasteiger partial charge is 0.192 e. The lowest BCUT2D eigenvalue weighted by Gasteiger charge is -2.40. The average molecular weight is 336 g/mol. The zero-order valence-electron chi connectivity index (χ0n) is 16.0. The van der Waals surface area contributed by atoms with Crippen molar-refractivity contribution in [3.63, 3.8) is 0 Å². The molecule has 0 aromatic heterocycles. The van der Waals surface area contributed by atoms with E-state index in [4.69, 9.17) is 4.43 Å².